The van der Waals surface area contributed by atoms with Crippen molar-refractivity contribution >= 4 is 97.4 Å². The van der Waals surface area contributed by atoms with Crippen LogP contribution in [0.2, 0.25) is 0 Å². The predicted octanol–water partition coefficient (Wildman–Crippen LogP) is 14.2. The molecule has 1 aliphatic carbocycles. The minimum absolute atomic E-state index is 0.0234. The Labute approximate surface area is 466 Å². The molecule has 1 fully saturated rings. The molecule has 79 heavy (non-hydrogen) atoms. The van der Waals surface area contributed by atoms with Gasteiger partial charge in [-0.2, -0.15) is 0 Å². The Balaban J connectivity index is 1.01. The van der Waals surface area contributed by atoms with Crippen LogP contribution < -0.4 is 51.8 Å². The summed E-state index contributed by atoms with van der Waals surface area (Å²) >= 11 is 0. The first-order valence-electron chi connectivity index (χ1n) is 28.3. The Kier molecular flexibility index (Phi) is 11.2. The second-order valence-electron chi connectivity index (χ2n) is 22.7. The molecule has 3 aliphatic heterocycles. The van der Waals surface area contributed by atoms with Gasteiger partial charge in [0.15, 0.2) is 8.07 Å². The molecule has 0 aromatic heterocycles. The normalized spacial score (nSPS) is 17.8. The summed E-state index contributed by atoms with van der Waals surface area (Å²) in [6.07, 6.45) is 4.59. The minimum atomic E-state index is -2.84. The Morgan fingerprint density at radius 3 is 1.39 bits per heavy atom. The van der Waals surface area contributed by atoms with Gasteiger partial charge >= 0.3 is 0 Å². The fraction of sp³-hybridized carbons (Fsp3) is 0.108. The monoisotopic (exact) mass is 1030 g/mol. The van der Waals surface area contributed by atoms with Gasteiger partial charge in [0, 0.05) is 50.9 Å². The summed E-state index contributed by atoms with van der Waals surface area (Å²) in [5.74, 6) is 0. The maximum Gasteiger partial charge on any atom is 0.252 e. The van der Waals surface area contributed by atoms with E-state index in [0.29, 0.717) is 0 Å². The van der Waals surface area contributed by atoms with Gasteiger partial charge in [0.25, 0.3) is 6.71 Å². The smallest absolute Gasteiger partial charge is 0.252 e. The van der Waals surface area contributed by atoms with E-state index < -0.39 is 8.07 Å². The second-order valence-corrected chi connectivity index (χ2v) is 26.5. The first-order chi connectivity index (χ1) is 38.9. The summed E-state index contributed by atoms with van der Waals surface area (Å²) in [5, 5.41) is 5.63. The molecule has 2 unspecified atom stereocenters. The van der Waals surface area contributed by atoms with Crippen LogP contribution in [0.3, 0.4) is 0 Å². The van der Waals surface area contributed by atoms with Gasteiger partial charge in [-0.1, -0.05) is 244 Å². The molecule has 0 N–H and O–H groups in total. The van der Waals surface area contributed by atoms with Gasteiger partial charge in [0.05, 0.1) is 5.54 Å². The topological polar surface area (TPSA) is 9.72 Å². The van der Waals surface area contributed by atoms with Crippen molar-refractivity contribution in [2.45, 2.75) is 50.5 Å². The SMILES string of the molecule is CC12CCCCC1(C)N(c1cc3c4c(c1)N(c1ccc(-c5ccccc5)cc1)c1ccc(-c5ccccc5)cc1B4c1ccccc1N3c1ccccc1)c1ccc([Si](c3ccccc3)(c3ccccc3)c3ccccc3)cc12. The molecule has 1 saturated carbocycles. The van der Waals surface area contributed by atoms with E-state index in [0.717, 1.165) is 24.2 Å². The number of hydrogen-bond acceptors (Lipinski definition) is 3. The summed E-state index contributed by atoms with van der Waals surface area (Å²) in [5.41, 5.74) is 19.6. The van der Waals surface area contributed by atoms with Crippen molar-refractivity contribution in [3.63, 3.8) is 0 Å². The molecule has 5 heteroatoms. The Morgan fingerprint density at radius 1 is 0.342 bits per heavy atom. The van der Waals surface area contributed by atoms with Crippen molar-refractivity contribution in [2.75, 3.05) is 14.7 Å². The third-order valence-corrected chi connectivity index (χ3v) is 23.5. The second kappa shape index (κ2) is 18.6. The Hall–Kier alpha value is -8.90. The summed E-state index contributed by atoms with van der Waals surface area (Å²) in [4.78, 5) is 7.98. The van der Waals surface area contributed by atoms with Crippen LogP contribution in [0.4, 0.5) is 45.5 Å². The van der Waals surface area contributed by atoms with Gasteiger partial charge < -0.3 is 14.7 Å². The Bertz CT molecular complexity index is 3970. The van der Waals surface area contributed by atoms with E-state index in [1.54, 1.807) is 0 Å². The van der Waals surface area contributed by atoms with E-state index in [-0.39, 0.29) is 17.7 Å². The highest BCUT2D eigenvalue weighted by Crippen LogP contribution is 2.61. The lowest BCUT2D eigenvalue weighted by Crippen LogP contribution is -2.74. The molecular weight excluding hydrogens is 970 g/mol. The number of nitrogens with zero attached hydrogens (tertiary/aromatic N) is 3. The average Bonchev–Trinajstić information content (AvgIpc) is 3.23. The lowest BCUT2D eigenvalue weighted by atomic mass is 9.33. The largest absolute Gasteiger partial charge is 0.334 e. The van der Waals surface area contributed by atoms with Gasteiger partial charge in [-0.3, -0.25) is 0 Å². The van der Waals surface area contributed by atoms with Gasteiger partial charge in [-0.15, -0.1) is 0 Å². The molecule has 2 atom stereocenters. The number of hydrogen-bond donors (Lipinski definition) is 0. The van der Waals surface area contributed by atoms with E-state index in [1.165, 1.54) is 112 Å². The molecule has 0 saturated heterocycles. The van der Waals surface area contributed by atoms with Crippen LogP contribution in [0.5, 0.6) is 0 Å². The first kappa shape index (κ1) is 47.3. The van der Waals surface area contributed by atoms with Crippen LogP contribution in [0.15, 0.2) is 279 Å². The minimum Gasteiger partial charge on any atom is -0.334 e. The lowest BCUT2D eigenvalue weighted by Gasteiger charge is -2.51. The predicted molar refractivity (Wildman–Crippen MR) is 338 cm³/mol. The molecule has 3 heterocycles. The van der Waals surface area contributed by atoms with Crippen LogP contribution in [0.25, 0.3) is 22.3 Å². The molecule has 0 amide bonds. The molecule has 378 valence electrons. The van der Waals surface area contributed by atoms with Gasteiger partial charge in [-0.05, 0) is 139 Å². The number of benzene rings is 11. The van der Waals surface area contributed by atoms with Crippen molar-refractivity contribution in [3.8, 4) is 22.3 Å². The van der Waals surface area contributed by atoms with E-state index in [2.05, 4.69) is 308 Å². The Morgan fingerprint density at radius 2 is 0.797 bits per heavy atom. The van der Waals surface area contributed by atoms with Gasteiger partial charge in [0.1, 0.15) is 0 Å². The number of fused-ring (bicyclic) bond motifs is 7. The van der Waals surface area contributed by atoms with E-state index in [1.807, 2.05) is 0 Å². The summed E-state index contributed by atoms with van der Waals surface area (Å²) in [6.45, 7) is 5.18. The van der Waals surface area contributed by atoms with E-state index in [4.69, 9.17) is 0 Å². The highest BCUT2D eigenvalue weighted by molar-refractivity contribution is 7.20. The maximum absolute atomic E-state index is 2.84. The fourth-order valence-electron chi connectivity index (χ4n) is 14.9. The van der Waals surface area contributed by atoms with Crippen molar-refractivity contribution < 1.29 is 0 Å². The molecule has 0 radical (unpaired) electrons. The van der Waals surface area contributed by atoms with E-state index >= 15 is 0 Å². The van der Waals surface area contributed by atoms with Crippen LogP contribution in [-0.2, 0) is 5.41 Å². The molecule has 3 nitrogen and oxygen atoms in total. The molecule has 15 rings (SSSR count). The van der Waals surface area contributed by atoms with E-state index in [9.17, 15) is 0 Å². The maximum atomic E-state index is 2.82. The third-order valence-electron chi connectivity index (χ3n) is 18.7. The zero-order chi connectivity index (χ0) is 52.7. The van der Waals surface area contributed by atoms with Crippen molar-refractivity contribution in [3.05, 3.63) is 285 Å². The number of anilines is 8. The van der Waals surface area contributed by atoms with Crippen molar-refractivity contribution in [1.29, 1.82) is 0 Å². The zero-order valence-electron chi connectivity index (χ0n) is 44.8. The standard InChI is InChI=1S/C74H60BN3Si/c1-73-47-23-24-48-74(73,2)78(67-46-44-63(52-64(67)73)79(60-31-15-6-16-32-60,61-33-17-7-18-34-61)62-35-19-8-20-36-62)59-50-70-72-71(51-59)77(58-42-39-55(40-43-58)53-25-9-3-10-26-53)69-45-41-56(54-27-11-4-12-28-54)49-66(69)75(72)65-37-21-22-38-68(65)76(70)57-29-13-5-14-30-57/h3-22,25-46,49-52H,23-24,47-48H2,1-2H3. The third kappa shape index (κ3) is 7.18. The number of para-hydroxylation sites is 2. The highest BCUT2D eigenvalue weighted by atomic mass is 28.3. The summed E-state index contributed by atoms with van der Waals surface area (Å²) in [7, 11) is -2.84. The summed E-state index contributed by atoms with van der Waals surface area (Å²) in [6, 6.07) is 106. The average molecular weight is 1030 g/mol. The van der Waals surface area contributed by atoms with Gasteiger partial charge in [0.2, 0.25) is 0 Å². The molecule has 0 bridgehead atoms. The first-order valence-corrected chi connectivity index (χ1v) is 30.3. The van der Waals surface area contributed by atoms with Crippen LogP contribution >= 0.6 is 0 Å². The van der Waals surface area contributed by atoms with Gasteiger partial charge in [-0.25, -0.2) is 0 Å². The van der Waals surface area contributed by atoms with Crippen LogP contribution in [0.1, 0.15) is 45.1 Å². The fourth-order valence-corrected chi connectivity index (χ4v) is 19.7. The molecular formula is C74H60BN3Si. The van der Waals surface area contributed by atoms with Crippen LogP contribution in [-0.4, -0.2) is 20.3 Å². The van der Waals surface area contributed by atoms with Crippen LogP contribution in [0, 0.1) is 0 Å². The molecule has 11 aromatic rings. The lowest BCUT2D eigenvalue weighted by molar-refractivity contribution is 0.195. The van der Waals surface area contributed by atoms with Crippen molar-refractivity contribution in [1.82, 2.24) is 0 Å². The number of rotatable bonds is 9. The molecule has 4 aliphatic rings. The van der Waals surface area contributed by atoms with Crippen molar-refractivity contribution in [2.24, 2.45) is 0 Å². The summed E-state index contributed by atoms with van der Waals surface area (Å²) < 4.78 is 0. The molecule has 0 spiro atoms. The molecule has 11 aromatic carbocycles. The highest BCUT2D eigenvalue weighted by Gasteiger charge is 2.59. The quantitative estimate of drug-likeness (QED) is 0.105. The zero-order valence-corrected chi connectivity index (χ0v) is 45.8.